The summed E-state index contributed by atoms with van der Waals surface area (Å²) in [6.45, 7) is 1.73. The van der Waals surface area contributed by atoms with E-state index in [9.17, 15) is 4.79 Å². The van der Waals surface area contributed by atoms with Crippen molar-refractivity contribution >= 4 is 6.29 Å². The Labute approximate surface area is 97.7 Å². The Morgan fingerprint density at radius 1 is 0.938 bits per heavy atom. The molecule has 0 aromatic heterocycles. The van der Waals surface area contributed by atoms with Gasteiger partial charge in [-0.25, -0.2) is 0 Å². The Morgan fingerprint density at radius 2 is 1.38 bits per heavy atom. The van der Waals surface area contributed by atoms with Crippen molar-refractivity contribution in [2.24, 2.45) is 0 Å². The van der Waals surface area contributed by atoms with Crippen LogP contribution in [0.4, 0.5) is 0 Å². The molecule has 3 heteroatoms. The smallest absolute Gasteiger partial charge is 0.150 e. The van der Waals surface area contributed by atoms with Gasteiger partial charge in [-0.2, -0.15) is 0 Å². The summed E-state index contributed by atoms with van der Waals surface area (Å²) in [6, 6.07) is 6.06. The first kappa shape index (κ1) is 12.9. The lowest BCUT2D eigenvalue weighted by molar-refractivity contribution is 0.112. The molecule has 0 spiro atoms. The first-order valence-electron chi connectivity index (χ1n) is 5.38. The van der Waals surface area contributed by atoms with E-state index in [1.165, 1.54) is 11.1 Å². The van der Waals surface area contributed by atoms with Gasteiger partial charge in [-0.3, -0.25) is 4.79 Å². The molecule has 0 saturated carbocycles. The molecule has 88 valence electrons. The van der Waals surface area contributed by atoms with Crippen molar-refractivity contribution in [3.05, 3.63) is 34.9 Å². The zero-order valence-corrected chi connectivity index (χ0v) is 10.5. The van der Waals surface area contributed by atoms with E-state index in [0.717, 1.165) is 24.9 Å². The van der Waals surface area contributed by atoms with Crippen LogP contribution in [-0.2, 0) is 13.1 Å². The number of carbonyl (C=O) groups is 1. The molecule has 0 bridgehead atoms. The van der Waals surface area contributed by atoms with E-state index in [4.69, 9.17) is 0 Å². The number of carbonyl (C=O) groups excluding carboxylic acids is 1. The van der Waals surface area contributed by atoms with Gasteiger partial charge in [-0.1, -0.05) is 6.07 Å². The van der Waals surface area contributed by atoms with Crippen LogP contribution in [0.1, 0.15) is 21.5 Å². The minimum Gasteiger partial charge on any atom is -0.305 e. The lowest BCUT2D eigenvalue weighted by Crippen LogP contribution is -2.13. The summed E-state index contributed by atoms with van der Waals surface area (Å²) in [4.78, 5) is 15.1. The van der Waals surface area contributed by atoms with Crippen LogP contribution in [-0.4, -0.2) is 44.3 Å². The van der Waals surface area contributed by atoms with E-state index in [0.29, 0.717) is 0 Å². The number of hydrogen-bond donors (Lipinski definition) is 0. The molecule has 0 aliphatic rings. The van der Waals surface area contributed by atoms with Crippen LogP contribution in [0.2, 0.25) is 0 Å². The van der Waals surface area contributed by atoms with Crippen LogP contribution in [0.3, 0.4) is 0 Å². The minimum atomic E-state index is 0.760. The second kappa shape index (κ2) is 5.77. The van der Waals surface area contributed by atoms with Crippen LogP contribution in [0.25, 0.3) is 0 Å². The predicted molar refractivity (Wildman–Crippen MR) is 66.6 cm³/mol. The summed E-state index contributed by atoms with van der Waals surface area (Å²) >= 11 is 0. The summed E-state index contributed by atoms with van der Waals surface area (Å²) < 4.78 is 0. The summed E-state index contributed by atoms with van der Waals surface area (Å²) in [5, 5.41) is 0. The average Bonchev–Trinajstić information content (AvgIpc) is 2.14. The molecule has 0 amide bonds. The summed E-state index contributed by atoms with van der Waals surface area (Å²) in [5.41, 5.74) is 3.13. The van der Waals surface area contributed by atoms with Crippen LogP contribution in [0.5, 0.6) is 0 Å². The van der Waals surface area contributed by atoms with Crippen molar-refractivity contribution < 1.29 is 4.79 Å². The van der Waals surface area contributed by atoms with Gasteiger partial charge in [-0.05, 0) is 51.5 Å². The number of aldehydes is 1. The second-order valence-corrected chi connectivity index (χ2v) is 4.68. The molecule has 0 saturated heterocycles. The van der Waals surface area contributed by atoms with Gasteiger partial charge in [0.05, 0.1) is 0 Å². The lowest BCUT2D eigenvalue weighted by Gasteiger charge is -2.14. The zero-order valence-electron chi connectivity index (χ0n) is 10.5. The fraction of sp³-hybridized carbons (Fsp3) is 0.462. The largest absolute Gasteiger partial charge is 0.305 e. The van der Waals surface area contributed by atoms with E-state index in [-0.39, 0.29) is 0 Å². The molecule has 0 unspecified atom stereocenters. The van der Waals surface area contributed by atoms with Gasteiger partial charge in [0.1, 0.15) is 6.29 Å². The fourth-order valence-corrected chi connectivity index (χ4v) is 1.77. The predicted octanol–water partition coefficient (Wildman–Crippen LogP) is 1.62. The van der Waals surface area contributed by atoms with Crippen LogP contribution in [0, 0.1) is 0 Å². The molecule has 1 aromatic rings. The number of benzene rings is 1. The third kappa shape index (κ3) is 4.13. The Kier molecular flexibility index (Phi) is 4.65. The summed E-state index contributed by atoms with van der Waals surface area (Å²) in [6.07, 6.45) is 0.915. The van der Waals surface area contributed by atoms with Crippen molar-refractivity contribution in [1.29, 1.82) is 0 Å². The fourth-order valence-electron chi connectivity index (χ4n) is 1.77. The molecule has 0 radical (unpaired) electrons. The molecule has 3 nitrogen and oxygen atoms in total. The third-order valence-corrected chi connectivity index (χ3v) is 2.21. The monoisotopic (exact) mass is 220 g/mol. The van der Waals surface area contributed by atoms with E-state index in [2.05, 4.69) is 15.9 Å². The summed E-state index contributed by atoms with van der Waals surface area (Å²) in [5.74, 6) is 0. The zero-order chi connectivity index (χ0) is 12.1. The van der Waals surface area contributed by atoms with Crippen molar-refractivity contribution in [2.75, 3.05) is 28.2 Å². The molecule has 0 aliphatic carbocycles. The van der Waals surface area contributed by atoms with Gasteiger partial charge < -0.3 is 9.80 Å². The van der Waals surface area contributed by atoms with Gasteiger partial charge in [0.2, 0.25) is 0 Å². The van der Waals surface area contributed by atoms with Crippen molar-refractivity contribution in [3.8, 4) is 0 Å². The minimum absolute atomic E-state index is 0.760. The second-order valence-electron chi connectivity index (χ2n) is 4.68. The maximum atomic E-state index is 10.9. The molecule has 0 N–H and O–H groups in total. The third-order valence-electron chi connectivity index (χ3n) is 2.21. The van der Waals surface area contributed by atoms with E-state index >= 15 is 0 Å². The molecule has 0 aliphatic heterocycles. The number of nitrogens with zero attached hydrogens (tertiary/aromatic N) is 2. The van der Waals surface area contributed by atoms with E-state index in [1.54, 1.807) is 0 Å². The Hall–Kier alpha value is -1.19. The SMILES string of the molecule is CN(C)Cc1cc(C=O)cc(CN(C)C)c1. The van der Waals surface area contributed by atoms with Gasteiger partial charge in [-0.15, -0.1) is 0 Å². The summed E-state index contributed by atoms with van der Waals surface area (Å²) in [7, 11) is 8.11. The highest BCUT2D eigenvalue weighted by Crippen LogP contribution is 2.12. The van der Waals surface area contributed by atoms with E-state index in [1.807, 2.05) is 40.3 Å². The molecular formula is C13H20N2O. The molecule has 1 aromatic carbocycles. The van der Waals surface area contributed by atoms with Crippen LogP contribution < -0.4 is 0 Å². The maximum absolute atomic E-state index is 10.9. The highest BCUT2D eigenvalue weighted by molar-refractivity contribution is 5.75. The van der Waals surface area contributed by atoms with Crippen molar-refractivity contribution in [1.82, 2.24) is 9.80 Å². The average molecular weight is 220 g/mol. The first-order chi connectivity index (χ1) is 7.51. The maximum Gasteiger partial charge on any atom is 0.150 e. The van der Waals surface area contributed by atoms with Gasteiger partial charge in [0, 0.05) is 18.7 Å². The quantitative estimate of drug-likeness (QED) is 0.705. The van der Waals surface area contributed by atoms with Crippen LogP contribution in [0.15, 0.2) is 18.2 Å². The topological polar surface area (TPSA) is 23.6 Å². The van der Waals surface area contributed by atoms with Crippen LogP contribution >= 0.6 is 0 Å². The Bertz CT molecular complexity index is 331. The lowest BCUT2D eigenvalue weighted by atomic mass is 10.1. The van der Waals surface area contributed by atoms with Gasteiger partial charge in [0.15, 0.2) is 0 Å². The molecule has 16 heavy (non-hydrogen) atoms. The Balaban J connectivity index is 2.95. The number of rotatable bonds is 5. The molecule has 0 atom stereocenters. The molecule has 1 rings (SSSR count). The first-order valence-corrected chi connectivity index (χ1v) is 5.38. The molecular weight excluding hydrogens is 200 g/mol. The van der Waals surface area contributed by atoms with Gasteiger partial charge in [0.25, 0.3) is 0 Å². The molecule has 0 heterocycles. The standard InChI is InChI=1S/C13H20N2O/c1-14(2)8-11-5-12(9-15(3)4)7-13(6-11)10-16/h5-7,10H,8-9H2,1-4H3. The van der Waals surface area contributed by atoms with Gasteiger partial charge >= 0.3 is 0 Å². The highest BCUT2D eigenvalue weighted by atomic mass is 16.1. The van der Waals surface area contributed by atoms with E-state index < -0.39 is 0 Å². The molecule has 0 fully saturated rings. The van der Waals surface area contributed by atoms with Crippen molar-refractivity contribution in [2.45, 2.75) is 13.1 Å². The normalized spacial score (nSPS) is 11.1. The highest BCUT2D eigenvalue weighted by Gasteiger charge is 2.03. The number of hydrogen-bond acceptors (Lipinski definition) is 3. The Morgan fingerprint density at radius 3 is 1.69 bits per heavy atom. The van der Waals surface area contributed by atoms with Crippen molar-refractivity contribution in [3.63, 3.8) is 0 Å².